The van der Waals surface area contributed by atoms with Gasteiger partial charge in [-0.05, 0) is 12.1 Å². The largest absolute Gasteiger partial charge is 0.322 e. The van der Waals surface area contributed by atoms with E-state index in [1.807, 2.05) is 0 Å². The third-order valence-electron chi connectivity index (χ3n) is 1.38. The van der Waals surface area contributed by atoms with Crippen molar-refractivity contribution in [2.45, 2.75) is 0 Å². The molecule has 1 aromatic rings. The summed E-state index contributed by atoms with van der Waals surface area (Å²) < 4.78 is 0. The summed E-state index contributed by atoms with van der Waals surface area (Å²) in [6.45, 7) is 0. The third-order valence-corrected chi connectivity index (χ3v) is 1.38. The molecule has 0 aliphatic heterocycles. The van der Waals surface area contributed by atoms with E-state index in [9.17, 15) is 4.79 Å². The van der Waals surface area contributed by atoms with Crippen molar-refractivity contribution in [1.29, 1.82) is 0 Å². The molecule has 4 N–H and O–H groups in total. The first-order valence-electron chi connectivity index (χ1n) is 3.46. The second kappa shape index (κ2) is 4.17. The molecule has 0 unspecified atom stereocenters. The van der Waals surface area contributed by atoms with Crippen LogP contribution in [0.4, 0.5) is 5.69 Å². The van der Waals surface area contributed by atoms with Crippen LogP contribution in [0.3, 0.4) is 0 Å². The first-order valence-corrected chi connectivity index (χ1v) is 3.46. The van der Waals surface area contributed by atoms with Crippen LogP contribution in [0.25, 0.3) is 0 Å². The molecule has 0 aliphatic rings. The highest BCUT2D eigenvalue weighted by Crippen LogP contribution is 2.06. The Bertz CT molecular complexity index is 307. The number of aromatic nitrogens is 1. The van der Waals surface area contributed by atoms with E-state index in [1.165, 1.54) is 17.5 Å². The van der Waals surface area contributed by atoms with Crippen LogP contribution in [0.5, 0.6) is 0 Å². The van der Waals surface area contributed by atoms with Crippen LogP contribution in [0.15, 0.2) is 23.4 Å². The summed E-state index contributed by atoms with van der Waals surface area (Å²) in [6, 6.07) is 3.19. The van der Waals surface area contributed by atoms with Gasteiger partial charge in [0.15, 0.2) is 6.29 Å². The lowest BCUT2D eigenvalue weighted by Gasteiger charge is -2.10. The molecule has 0 bridgehead atoms. The van der Waals surface area contributed by atoms with Gasteiger partial charge in [-0.25, -0.2) is 5.84 Å². The lowest BCUT2D eigenvalue weighted by atomic mass is 10.3. The second-order valence-electron chi connectivity index (χ2n) is 2.23. The number of hydrazine groups is 1. The molecular formula is C7H9N5O. The van der Waals surface area contributed by atoms with E-state index in [1.54, 1.807) is 12.1 Å². The summed E-state index contributed by atoms with van der Waals surface area (Å²) in [5.41, 5.74) is 0.946. The number of nitrogens with zero attached hydrogens (tertiary/aromatic N) is 3. The maximum atomic E-state index is 10.3. The van der Waals surface area contributed by atoms with Crippen molar-refractivity contribution < 1.29 is 4.79 Å². The summed E-state index contributed by atoms with van der Waals surface area (Å²) in [4.78, 5) is 14.1. The number of hydrazone groups is 1. The Morgan fingerprint density at radius 1 is 1.54 bits per heavy atom. The zero-order chi connectivity index (χ0) is 9.68. The molecule has 0 atom stereocenters. The zero-order valence-corrected chi connectivity index (χ0v) is 6.79. The summed E-state index contributed by atoms with van der Waals surface area (Å²) in [5, 5.41) is 4.43. The fraction of sp³-hybridized carbons (Fsp3) is 0. The SMILES string of the molecule is N/N=C\N(N)c1ccc(C=O)nc1. The highest BCUT2D eigenvalue weighted by atomic mass is 16.1. The lowest BCUT2D eigenvalue weighted by molar-refractivity contribution is 0.111. The minimum atomic E-state index is 0.349. The Balaban J connectivity index is 2.85. The predicted molar refractivity (Wildman–Crippen MR) is 49.0 cm³/mol. The molecule has 6 heteroatoms. The van der Waals surface area contributed by atoms with Crippen LogP contribution in [-0.4, -0.2) is 17.6 Å². The number of carbonyl (C=O) groups excluding carboxylic acids is 1. The van der Waals surface area contributed by atoms with E-state index in [0.29, 0.717) is 17.7 Å². The predicted octanol–water partition coefficient (Wildman–Crippen LogP) is -0.524. The molecule has 1 rings (SSSR count). The molecule has 0 amide bonds. The van der Waals surface area contributed by atoms with E-state index >= 15 is 0 Å². The van der Waals surface area contributed by atoms with E-state index in [2.05, 4.69) is 10.1 Å². The van der Waals surface area contributed by atoms with E-state index in [-0.39, 0.29) is 0 Å². The van der Waals surface area contributed by atoms with Gasteiger partial charge in [0.2, 0.25) is 0 Å². The molecule has 1 heterocycles. The van der Waals surface area contributed by atoms with Crippen LogP contribution in [0, 0.1) is 0 Å². The molecule has 6 nitrogen and oxygen atoms in total. The van der Waals surface area contributed by atoms with Gasteiger partial charge in [0.25, 0.3) is 0 Å². The quantitative estimate of drug-likeness (QED) is 0.214. The molecule has 0 aromatic carbocycles. The van der Waals surface area contributed by atoms with Crippen LogP contribution in [-0.2, 0) is 0 Å². The van der Waals surface area contributed by atoms with Crippen molar-refractivity contribution in [3.05, 3.63) is 24.0 Å². The molecule has 0 fully saturated rings. The first-order chi connectivity index (χ1) is 6.27. The highest BCUT2D eigenvalue weighted by molar-refractivity contribution is 5.78. The van der Waals surface area contributed by atoms with Gasteiger partial charge in [0.05, 0.1) is 11.9 Å². The van der Waals surface area contributed by atoms with Crippen molar-refractivity contribution in [3.8, 4) is 0 Å². The number of carbonyl (C=O) groups is 1. The molecule has 0 saturated carbocycles. The molecule has 13 heavy (non-hydrogen) atoms. The summed E-state index contributed by atoms with van der Waals surface area (Å²) >= 11 is 0. The monoisotopic (exact) mass is 179 g/mol. The smallest absolute Gasteiger partial charge is 0.168 e. The highest BCUT2D eigenvalue weighted by Gasteiger charge is 1.98. The minimum Gasteiger partial charge on any atom is -0.322 e. The van der Waals surface area contributed by atoms with Gasteiger partial charge in [0.1, 0.15) is 12.0 Å². The van der Waals surface area contributed by atoms with Gasteiger partial charge >= 0.3 is 0 Å². The molecule has 0 spiro atoms. The molecule has 68 valence electrons. The molecule has 0 aliphatic carbocycles. The number of hydrogen-bond acceptors (Lipinski definition) is 5. The van der Waals surface area contributed by atoms with Gasteiger partial charge in [-0.3, -0.25) is 14.8 Å². The fourth-order valence-corrected chi connectivity index (χ4v) is 0.758. The second-order valence-corrected chi connectivity index (χ2v) is 2.23. The van der Waals surface area contributed by atoms with Crippen molar-refractivity contribution in [3.63, 3.8) is 0 Å². The Morgan fingerprint density at radius 3 is 2.77 bits per heavy atom. The van der Waals surface area contributed by atoms with Crippen molar-refractivity contribution >= 4 is 18.3 Å². The normalized spacial score (nSPS) is 10.2. The van der Waals surface area contributed by atoms with Crippen LogP contribution in [0.2, 0.25) is 0 Å². The molecular weight excluding hydrogens is 170 g/mol. The van der Waals surface area contributed by atoms with Gasteiger partial charge in [-0.15, -0.1) is 0 Å². The van der Waals surface area contributed by atoms with Crippen LogP contribution in [0.1, 0.15) is 10.5 Å². The minimum absolute atomic E-state index is 0.349. The van der Waals surface area contributed by atoms with Crippen LogP contribution >= 0.6 is 0 Å². The molecule has 0 radical (unpaired) electrons. The van der Waals surface area contributed by atoms with Crippen LogP contribution < -0.4 is 16.7 Å². The fourth-order valence-electron chi connectivity index (χ4n) is 0.758. The maximum absolute atomic E-state index is 10.3. The average Bonchev–Trinajstić information content (AvgIpc) is 2.18. The number of anilines is 1. The standard InChI is InChI=1S/C7H9N5O/c8-11-5-12(9)7-2-1-6(4-13)10-3-7/h1-5H,8-9H2/b11-5-. The molecule has 1 aromatic heterocycles. The summed E-state index contributed by atoms with van der Waals surface area (Å²) in [5.74, 6) is 10.4. The van der Waals surface area contributed by atoms with Gasteiger partial charge in [-0.2, -0.15) is 5.10 Å². The van der Waals surface area contributed by atoms with Gasteiger partial charge in [0, 0.05) is 0 Å². The number of pyridine rings is 1. The summed E-state index contributed by atoms with van der Waals surface area (Å²) in [7, 11) is 0. The van der Waals surface area contributed by atoms with Crippen molar-refractivity contribution in [2.75, 3.05) is 5.01 Å². The average molecular weight is 179 g/mol. The number of hydrogen-bond donors (Lipinski definition) is 2. The number of aldehydes is 1. The van der Waals surface area contributed by atoms with E-state index < -0.39 is 0 Å². The Labute approximate surface area is 74.8 Å². The maximum Gasteiger partial charge on any atom is 0.168 e. The van der Waals surface area contributed by atoms with Gasteiger partial charge < -0.3 is 5.84 Å². The van der Waals surface area contributed by atoms with E-state index in [4.69, 9.17) is 11.7 Å². The van der Waals surface area contributed by atoms with Crippen molar-refractivity contribution in [1.82, 2.24) is 4.98 Å². The molecule has 0 saturated heterocycles. The Morgan fingerprint density at radius 2 is 2.31 bits per heavy atom. The third kappa shape index (κ3) is 2.24. The topological polar surface area (TPSA) is 97.6 Å². The van der Waals surface area contributed by atoms with Gasteiger partial charge in [-0.1, -0.05) is 0 Å². The number of rotatable bonds is 3. The van der Waals surface area contributed by atoms with Crippen molar-refractivity contribution in [2.24, 2.45) is 16.8 Å². The first kappa shape index (κ1) is 9.14. The lowest BCUT2D eigenvalue weighted by Crippen LogP contribution is -2.29. The Kier molecular flexibility index (Phi) is 2.93. The Hall–Kier alpha value is -1.95. The van der Waals surface area contributed by atoms with E-state index in [0.717, 1.165) is 0 Å². The number of nitrogens with two attached hydrogens (primary N) is 2. The zero-order valence-electron chi connectivity index (χ0n) is 6.79. The summed E-state index contributed by atoms with van der Waals surface area (Å²) in [6.07, 6.45) is 3.34.